The molecule has 88 valence electrons. The lowest BCUT2D eigenvalue weighted by atomic mass is 9.88. The van der Waals surface area contributed by atoms with Crippen LogP contribution in [0.1, 0.15) is 46.5 Å². The van der Waals surface area contributed by atoms with Crippen LogP contribution in [0.5, 0.6) is 0 Å². The number of likely N-dealkylation sites (N-methyl/N-ethyl adjacent to an activating group) is 1. The van der Waals surface area contributed by atoms with Gasteiger partial charge in [-0.05, 0) is 46.1 Å². The average Bonchev–Trinajstić information content (AvgIpc) is 2.17. The van der Waals surface area contributed by atoms with Gasteiger partial charge in [0, 0.05) is 0 Å². The van der Waals surface area contributed by atoms with Gasteiger partial charge >= 0.3 is 5.97 Å². The van der Waals surface area contributed by atoms with Crippen LogP contribution in [0.2, 0.25) is 0 Å². The Morgan fingerprint density at radius 3 is 2.60 bits per heavy atom. The number of hydrogen-bond donors (Lipinski definition) is 1. The molecule has 1 saturated carbocycles. The van der Waals surface area contributed by atoms with Gasteiger partial charge in [-0.1, -0.05) is 13.3 Å². The highest BCUT2D eigenvalue weighted by molar-refractivity contribution is 5.79. The number of nitrogens with one attached hydrogen (secondary N) is 1. The van der Waals surface area contributed by atoms with Crippen molar-refractivity contribution < 1.29 is 9.53 Å². The van der Waals surface area contributed by atoms with E-state index < -0.39 is 5.54 Å². The van der Waals surface area contributed by atoms with Crippen molar-refractivity contribution in [2.75, 3.05) is 7.05 Å². The Morgan fingerprint density at radius 1 is 1.40 bits per heavy atom. The molecule has 1 aliphatic rings. The van der Waals surface area contributed by atoms with Crippen molar-refractivity contribution in [2.45, 2.75) is 58.1 Å². The van der Waals surface area contributed by atoms with E-state index in [1.54, 1.807) is 7.05 Å². The summed E-state index contributed by atoms with van der Waals surface area (Å²) in [6.07, 6.45) is 4.62. The Morgan fingerprint density at radius 2 is 2.07 bits per heavy atom. The van der Waals surface area contributed by atoms with Crippen molar-refractivity contribution in [3.05, 3.63) is 0 Å². The quantitative estimate of drug-likeness (QED) is 0.730. The summed E-state index contributed by atoms with van der Waals surface area (Å²) in [7, 11) is 1.78. The summed E-state index contributed by atoms with van der Waals surface area (Å²) in [5.74, 6) is 0.554. The normalized spacial score (nSPS) is 27.5. The summed E-state index contributed by atoms with van der Waals surface area (Å²) in [5.41, 5.74) is -0.569. The standard InChI is InChI=1S/C12H23NO2/c1-9-6-5-7-10(8-9)15-11(14)12(2,3)13-4/h9-10,13H,5-8H2,1-4H3. The van der Waals surface area contributed by atoms with Gasteiger partial charge in [0.2, 0.25) is 0 Å². The minimum atomic E-state index is -0.569. The van der Waals surface area contributed by atoms with Gasteiger partial charge in [0.05, 0.1) is 0 Å². The predicted octanol–water partition coefficient (Wildman–Crippen LogP) is 2.11. The molecule has 0 aromatic heterocycles. The van der Waals surface area contributed by atoms with Crippen LogP contribution < -0.4 is 5.32 Å². The average molecular weight is 213 g/mol. The van der Waals surface area contributed by atoms with Crippen molar-refractivity contribution in [1.29, 1.82) is 0 Å². The minimum Gasteiger partial charge on any atom is -0.461 e. The molecular formula is C12H23NO2. The van der Waals surface area contributed by atoms with Crippen molar-refractivity contribution in [3.8, 4) is 0 Å². The van der Waals surface area contributed by atoms with Gasteiger partial charge < -0.3 is 10.1 Å². The zero-order valence-corrected chi connectivity index (χ0v) is 10.3. The van der Waals surface area contributed by atoms with Crippen LogP contribution in [0.3, 0.4) is 0 Å². The third-order valence-electron chi connectivity index (χ3n) is 3.30. The highest BCUT2D eigenvalue weighted by Crippen LogP contribution is 2.26. The van der Waals surface area contributed by atoms with E-state index in [1.807, 2.05) is 13.8 Å². The smallest absolute Gasteiger partial charge is 0.326 e. The Labute approximate surface area is 92.6 Å². The Bertz CT molecular complexity index is 226. The fourth-order valence-electron chi connectivity index (χ4n) is 1.89. The molecule has 15 heavy (non-hydrogen) atoms. The maximum Gasteiger partial charge on any atom is 0.326 e. The highest BCUT2D eigenvalue weighted by Gasteiger charge is 2.31. The van der Waals surface area contributed by atoms with Gasteiger partial charge in [-0.3, -0.25) is 4.79 Å². The molecule has 0 aromatic carbocycles. The number of carbonyl (C=O) groups excluding carboxylic acids is 1. The molecular weight excluding hydrogens is 190 g/mol. The number of ether oxygens (including phenoxy) is 1. The topological polar surface area (TPSA) is 38.3 Å². The second kappa shape index (κ2) is 4.97. The molecule has 0 spiro atoms. The fraction of sp³-hybridized carbons (Fsp3) is 0.917. The molecule has 0 radical (unpaired) electrons. The first-order valence-electron chi connectivity index (χ1n) is 5.85. The van der Waals surface area contributed by atoms with Crippen molar-refractivity contribution in [2.24, 2.45) is 5.92 Å². The lowest BCUT2D eigenvalue weighted by Gasteiger charge is -2.30. The Balaban J connectivity index is 2.44. The van der Waals surface area contributed by atoms with Crippen molar-refractivity contribution in [3.63, 3.8) is 0 Å². The van der Waals surface area contributed by atoms with E-state index in [2.05, 4.69) is 12.2 Å². The summed E-state index contributed by atoms with van der Waals surface area (Å²) in [6.45, 7) is 5.92. The van der Waals surface area contributed by atoms with Crippen LogP contribution in [0.15, 0.2) is 0 Å². The first-order chi connectivity index (χ1) is 6.95. The van der Waals surface area contributed by atoms with E-state index in [4.69, 9.17) is 4.74 Å². The summed E-state index contributed by atoms with van der Waals surface area (Å²) in [6, 6.07) is 0. The van der Waals surface area contributed by atoms with Gasteiger partial charge in [-0.2, -0.15) is 0 Å². The number of hydrogen-bond acceptors (Lipinski definition) is 3. The molecule has 3 heteroatoms. The van der Waals surface area contributed by atoms with Gasteiger partial charge in [0.1, 0.15) is 11.6 Å². The third kappa shape index (κ3) is 3.49. The SMILES string of the molecule is CNC(C)(C)C(=O)OC1CCCC(C)C1. The monoisotopic (exact) mass is 213 g/mol. The van der Waals surface area contributed by atoms with E-state index in [9.17, 15) is 4.79 Å². The molecule has 1 fully saturated rings. The van der Waals surface area contributed by atoms with Crippen molar-refractivity contribution >= 4 is 5.97 Å². The van der Waals surface area contributed by atoms with Gasteiger partial charge in [-0.15, -0.1) is 0 Å². The van der Waals surface area contributed by atoms with Gasteiger partial charge in [0.25, 0.3) is 0 Å². The fourth-order valence-corrected chi connectivity index (χ4v) is 1.89. The largest absolute Gasteiger partial charge is 0.461 e. The summed E-state index contributed by atoms with van der Waals surface area (Å²) in [4.78, 5) is 11.8. The maximum absolute atomic E-state index is 11.8. The van der Waals surface area contributed by atoms with Crippen LogP contribution in [0.4, 0.5) is 0 Å². The van der Waals surface area contributed by atoms with Crippen LogP contribution in [-0.4, -0.2) is 24.7 Å². The summed E-state index contributed by atoms with van der Waals surface area (Å²) in [5, 5.41) is 2.97. The van der Waals surface area contributed by atoms with E-state index in [0.717, 1.165) is 12.8 Å². The van der Waals surface area contributed by atoms with Crippen LogP contribution >= 0.6 is 0 Å². The zero-order chi connectivity index (χ0) is 11.5. The van der Waals surface area contributed by atoms with Gasteiger partial charge in [0.15, 0.2) is 0 Å². The molecule has 0 aromatic rings. The van der Waals surface area contributed by atoms with E-state index in [1.165, 1.54) is 12.8 Å². The summed E-state index contributed by atoms with van der Waals surface area (Å²) < 4.78 is 5.52. The highest BCUT2D eigenvalue weighted by atomic mass is 16.5. The molecule has 0 saturated heterocycles. The second-order valence-electron chi connectivity index (χ2n) is 5.17. The lowest BCUT2D eigenvalue weighted by Crippen LogP contribution is -2.47. The lowest BCUT2D eigenvalue weighted by molar-refractivity contribution is -0.157. The molecule has 2 unspecified atom stereocenters. The first kappa shape index (κ1) is 12.5. The first-order valence-corrected chi connectivity index (χ1v) is 5.85. The molecule has 3 nitrogen and oxygen atoms in total. The zero-order valence-electron chi connectivity index (χ0n) is 10.3. The molecule has 1 aliphatic carbocycles. The van der Waals surface area contributed by atoms with Gasteiger partial charge in [-0.25, -0.2) is 0 Å². The molecule has 0 heterocycles. The Hall–Kier alpha value is -0.570. The molecule has 0 amide bonds. The molecule has 2 atom stereocenters. The van der Waals surface area contributed by atoms with E-state index >= 15 is 0 Å². The molecule has 1 N–H and O–H groups in total. The summed E-state index contributed by atoms with van der Waals surface area (Å²) >= 11 is 0. The van der Waals surface area contributed by atoms with Crippen molar-refractivity contribution in [1.82, 2.24) is 5.32 Å². The minimum absolute atomic E-state index is 0.133. The predicted molar refractivity (Wildman–Crippen MR) is 60.7 cm³/mol. The number of carbonyl (C=O) groups is 1. The van der Waals surface area contributed by atoms with E-state index in [0.29, 0.717) is 5.92 Å². The molecule has 0 bridgehead atoms. The number of esters is 1. The maximum atomic E-state index is 11.8. The number of rotatable bonds is 3. The molecule has 1 rings (SSSR count). The van der Waals surface area contributed by atoms with E-state index in [-0.39, 0.29) is 12.1 Å². The Kier molecular flexibility index (Phi) is 4.14. The van der Waals surface area contributed by atoms with Crippen LogP contribution in [0.25, 0.3) is 0 Å². The second-order valence-corrected chi connectivity index (χ2v) is 5.17. The van der Waals surface area contributed by atoms with Crippen LogP contribution in [0, 0.1) is 5.92 Å². The third-order valence-corrected chi connectivity index (χ3v) is 3.30. The van der Waals surface area contributed by atoms with Crippen LogP contribution in [-0.2, 0) is 9.53 Å². The molecule has 0 aliphatic heterocycles.